The van der Waals surface area contributed by atoms with E-state index in [4.69, 9.17) is 4.98 Å². The molecule has 6 nitrogen and oxygen atoms in total. The number of aromatic amines is 1. The van der Waals surface area contributed by atoms with Gasteiger partial charge in [0.15, 0.2) is 5.65 Å². The average molecular weight is 361 g/mol. The first-order chi connectivity index (χ1) is 13.0. The number of nitrogens with zero attached hydrogens (tertiary/aromatic N) is 4. The van der Waals surface area contributed by atoms with Crippen LogP contribution in [0.25, 0.3) is 16.8 Å². The van der Waals surface area contributed by atoms with E-state index in [1.807, 2.05) is 31.5 Å². The van der Waals surface area contributed by atoms with Crippen LogP contribution in [0.1, 0.15) is 49.8 Å². The summed E-state index contributed by atoms with van der Waals surface area (Å²) in [6.07, 6.45) is 5.58. The molecule has 0 aliphatic carbocycles. The van der Waals surface area contributed by atoms with Crippen molar-refractivity contribution in [2.24, 2.45) is 0 Å². The quantitative estimate of drug-likeness (QED) is 0.599. The summed E-state index contributed by atoms with van der Waals surface area (Å²) in [4.78, 5) is 21.9. The standard InChI is InChI=1S/C21H23N5O/c1-13(2)20-22-9-10-25(20)15(4)18-11-19(27)26-21(24-18)17(12-23-26)16-7-5-14(3)6-8-16/h5-13,15,23H,1-4H3/t15-/m1/s1. The van der Waals surface area contributed by atoms with Gasteiger partial charge in [0.25, 0.3) is 5.56 Å². The van der Waals surface area contributed by atoms with Gasteiger partial charge in [-0.15, -0.1) is 0 Å². The number of hydrogen-bond donors (Lipinski definition) is 1. The van der Waals surface area contributed by atoms with Gasteiger partial charge in [0.1, 0.15) is 5.82 Å². The lowest BCUT2D eigenvalue weighted by Gasteiger charge is -2.17. The normalized spacial score (nSPS) is 12.8. The van der Waals surface area contributed by atoms with Crippen molar-refractivity contribution < 1.29 is 0 Å². The summed E-state index contributed by atoms with van der Waals surface area (Å²) in [6, 6.07) is 9.73. The second-order valence-electron chi connectivity index (χ2n) is 7.25. The average Bonchev–Trinajstić information content (AvgIpc) is 3.29. The molecule has 6 heteroatoms. The fourth-order valence-electron chi connectivity index (χ4n) is 3.40. The fraction of sp³-hybridized carbons (Fsp3) is 0.286. The monoisotopic (exact) mass is 361 g/mol. The second-order valence-corrected chi connectivity index (χ2v) is 7.25. The van der Waals surface area contributed by atoms with Crippen LogP contribution in [0.4, 0.5) is 0 Å². The lowest BCUT2D eigenvalue weighted by atomic mass is 10.1. The van der Waals surface area contributed by atoms with Crippen LogP contribution < -0.4 is 5.56 Å². The molecule has 0 aliphatic rings. The van der Waals surface area contributed by atoms with Crippen molar-refractivity contribution in [3.05, 3.63) is 76.4 Å². The van der Waals surface area contributed by atoms with Gasteiger partial charge in [-0.25, -0.2) is 14.5 Å². The molecule has 0 bridgehead atoms. The van der Waals surface area contributed by atoms with Crippen LogP contribution in [0.3, 0.4) is 0 Å². The Kier molecular flexibility index (Phi) is 4.18. The Bertz CT molecular complexity index is 1150. The zero-order valence-electron chi connectivity index (χ0n) is 16.0. The minimum atomic E-state index is -0.119. The minimum absolute atomic E-state index is 0.0802. The highest BCUT2D eigenvalue weighted by Gasteiger charge is 2.18. The molecule has 27 heavy (non-hydrogen) atoms. The molecule has 0 aliphatic heterocycles. The number of benzene rings is 1. The second kappa shape index (κ2) is 6.54. The van der Waals surface area contributed by atoms with Crippen LogP contribution in [0.5, 0.6) is 0 Å². The highest BCUT2D eigenvalue weighted by Crippen LogP contribution is 2.26. The Balaban J connectivity index is 1.85. The maximum Gasteiger partial charge on any atom is 0.272 e. The molecule has 1 aromatic carbocycles. The highest BCUT2D eigenvalue weighted by molar-refractivity contribution is 5.77. The van der Waals surface area contributed by atoms with E-state index in [1.165, 1.54) is 10.1 Å². The molecule has 0 spiro atoms. The summed E-state index contributed by atoms with van der Waals surface area (Å²) in [5.41, 5.74) is 4.38. The predicted octanol–water partition coefficient (Wildman–Crippen LogP) is 3.93. The van der Waals surface area contributed by atoms with Crippen LogP contribution in [0.15, 0.2) is 53.7 Å². The van der Waals surface area contributed by atoms with E-state index >= 15 is 0 Å². The molecule has 1 atom stereocenters. The third-order valence-electron chi connectivity index (χ3n) is 4.94. The molecule has 0 unspecified atom stereocenters. The largest absolute Gasteiger partial charge is 0.326 e. The van der Waals surface area contributed by atoms with Gasteiger partial charge in [-0.05, 0) is 19.4 Å². The third-order valence-corrected chi connectivity index (χ3v) is 4.94. The van der Waals surface area contributed by atoms with Crippen LogP contribution in [-0.2, 0) is 0 Å². The van der Waals surface area contributed by atoms with Gasteiger partial charge in [0, 0.05) is 36.1 Å². The molecular weight excluding hydrogens is 338 g/mol. The summed E-state index contributed by atoms with van der Waals surface area (Å²) in [5, 5.41) is 3.02. The van der Waals surface area contributed by atoms with E-state index in [-0.39, 0.29) is 11.6 Å². The number of rotatable bonds is 4. The molecule has 4 aromatic rings. The number of nitrogens with one attached hydrogen (secondary N) is 1. The SMILES string of the molecule is Cc1ccc(-c2c[nH]n3c(=O)cc([C@@H](C)n4ccnc4C(C)C)nc23)cc1. The van der Waals surface area contributed by atoms with Crippen molar-refractivity contribution in [1.82, 2.24) is 24.1 Å². The lowest BCUT2D eigenvalue weighted by Crippen LogP contribution is -2.19. The van der Waals surface area contributed by atoms with Crippen LogP contribution in [-0.4, -0.2) is 24.1 Å². The summed E-state index contributed by atoms with van der Waals surface area (Å²) in [7, 11) is 0. The van der Waals surface area contributed by atoms with Crippen molar-refractivity contribution in [2.45, 2.75) is 39.7 Å². The first kappa shape index (κ1) is 17.3. The molecule has 0 saturated carbocycles. The molecule has 0 radical (unpaired) electrons. The number of aromatic nitrogens is 5. The number of hydrogen-bond acceptors (Lipinski definition) is 3. The summed E-state index contributed by atoms with van der Waals surface area (Å²) < 4.78 is 3.57. The van der Waals surface area contributed by atoms with Crippen molar-refractivity contribution in [3.8, 4) is 11.1 Å². The number of imidazole rings is 1. The van der Waals surface area contributed by atoms with Gasteiger partial charge >= 0.3 is 0 Å². The topological polar surface area (TPSA) is 68.0 Å². The zero-order valence-corrected chi connectivity index (χ0v) is 16.0. The molecule has 3 heterocycles. The number of fused-ring (bicyclic) bond motifs is 1. The van der Waals surface area contributed by atoms with E-state index in [2.05, 4.69) is 47.6 Å². The van der Waals surface area contributed by atoms with Crippen LogP contribution in [0.2, 0.25) is 0 Å². The molecule has 0 fully saturated rings. The first-order valence-electron chi connectivity index (χ1n) is 9.16. The molecular formula is C21H23N5O. The van der Waals surface area contributed by atoms with Crippen molar-refractivity contribution in [2.75, 3.05) is 0 Å². The Labute approximate surface area is 157 Å². The van der Waals surface area contributed by atoms with Gasteiger partial charge in [-0.1, -0.05) is 43.7 Å². The van der Waals surface area contributed by atoms with Crippen molar-refractivity contribution in [1.29, 1.82) is 0 Å². The maximum absolute atomic E-state index is 12.7. The molecule has 4 rings (SSSR count). The Morgan fingerprint density at radius 3 is 2.56 bits per heavy atom. The lowest BCUT2D eigenvalue weighted by molar-refractivity contribution is 0.565. The van der Waals surface area contributed by atoms with Crippen LogP contribution >= 0.6 is 0 Å². The molecule has 1 N–H and O–H groups in total. The van der Waals surface area contributed by atoms with Gasteiger partial charge in [-0.3, -0.25) is 9.89 Å². The van der Waals surface area contributed by atoms with E-state index in [0.717, 1.165) is 22.6 Å². The fourth-order valence-corrected chi connectivity index (χ4v) is 3.40. The van der Waals surface area contributed by atoms with Crippen LogP contribution in [0, 0.1) is 6.92 Å². The number of H-pyrrole nitrogens is 1. The van der Waals surface area contributed by atoms with E-state index in [9.17, 15) is 4.79 Å². The third kappa shape index (κ3) is 2.97. The molecule has 0 saturated heterocycles. The summed E-state index contributed by atoms with van der Waals surface area (Å²) >= 11 is 0. The van der Waals surface area contributed by atoms with E-state index in [0.29, 0.717) is 11.6 Å². The van der Waals surface area contributed by atoms with Crippen molar-refractivity contribution >= 4 is 5.65 Å². The van der Waals surface area contributed by atoms with Gasteiger partial charge in [-0.2, -0.15) is 0 Å². The predicted molar refractivity (Wildman–Crippen MR) is 106 cm³/mol. The summed E-state index contributed by atoms with van der Waals surface area (Å²) in [6.45, 7) is 8.32. The Morgan fingerprint density at radius 2 is 1.85 bits per heavy atom. The Hall–Kier alpha value is -3.15. The van der Waals surface area contributed by atoms with E-state index < -0.39 is 0 Å². The molecule has 3 aromatic heterocycles. The summed E-state index contributed by atoms with van der Waals surface area (Å²) in [5.74, 6) is 1.28. The Morgan fingerprint density at radius 1 is 1.11 bits per heavy atom. The van der Waals surface area contributed by atoms with Gasteiger partial charge in [0.05, 0.1) is 11.7 Å². The first-order valence-corrected chi connectivity index (χ1v) is 9.16. The van der Waals surface area contributed by atoms with E-state index in [1.54, 1.807) is 12.3 Å². The maximum atomic E-state index is 12.7. The van der Waals surface area contributed by atoms with Crippen molar-refractivity contribution in [3.63, 3.8) is 0 Å². The highest BCUT2D eigenvalue weighted by atomic mass is 16.1. The van der Waals surface area contributed by atoms with Gasteiger partial charge in [0.2, 0.25) is 0 Å². The molecule has 138 valence electrons. The zero-order chi connectivity index (χ0) is 19.1. The molecule has 0 amide bonds. The smallest absolute Gasteiger partial charge is 0.272 e. The number of aryl methyl sites for hydroxylation is 1. The van der Waals surface area contributed by atoms with Gasteiger partial charge < -0.3 is 4.57 Å². The minimum Gasteiger partial charge on any atom is -0.326 e.